The first-order chi connectivity index (χ1) is 6.97. The van der Waals surface area contributed by atoms with Crippen LogP contribution in [-0.2, 0) is 4.79 Å². The largest absolute Gasteiger partial charge is 0.295 e. The fourth-order valence-corrected chi connectivity index (χ4v) is 2.29. The SMILES string of the molecule is CC1=CC[C@@H]([C@](C)(I)CN=[N+]=[N-])CC1=O. The smallest absolute Gasteiger partial charge is 0.158 e. The van der Waals surface area contributed by atoms with Gasteiger partial charge >= 0.3 is 0 Å². The minimum absolute atomic E-state index is 0.128. The molecule has 0 bridgehead atoms. The van der Waals surface area contributed by atoms with E-state index in [0.717, 1.165) is 12.0 Å². The summed E-state index contributed by atoms with van der Waals surface area (Å²) in [5.74, 6) is 0.495. The summed E-state index contributed by atoms with van der Waals surface area (Å²) in [5, 5.41) is 3.60. The van der Waals surface area contributed by atoms with Crippen LogP contribution >= 0.6 is 22.6 Å². The zero-order valence-electron chi connectivity index (χ0n) is 8.90. The van der Waals surface area contributed by atoms with Crippen LogP contribution in [0.2, 0.25) is 0 Å². The minimum atomic E-state index is -0.128. The molecule has 2 atom stereocenters. The second kappa shape index (κ2) is 4.99. The van der Waals surface area contributed by atoms with Crippen LogP contribution in [0.15, 0.2) is 16.8 Å². The molecule has 0 aliphatic heterocycles. The van der Waals surface area contributed by atoms with E-state index in [1.54, 1.807) is 0 Å². The lowest BCUT2D eigenvalue weighted by molar-refractivity contribution is -0.117. The molecule has 0 unspecified atom stereocenters. The van der Waals surface area contributed by atoms with Crippen LogP contribution in [0.5, 0.6) is 0 Å². The highest BCUT2D eigenvalue weighted by Gasteiger charge is 2.33. The Morgan fingerprint density at radius 1 is 1.80 bits per heavy atom. The lowest BCUT2D eigenvalue weighted by atomic mass is 9.81. The summed E-state index contributed by atoms with van der Waals surface area (Å²) in [6.45, 7) is 4.33. The van der Waals surface area contributed by atoms with E-state index in [1.165, 1.54) is 0 Å². The highest BCUT2D eigenvalue weighted by molar-refractivity contribution is 14.1. The molecule has 0 amide bonds. The number of hydrogen-bond acceptors (Lipinski definition) is 2. The van der Waals surface area contributed by atoms with Gasteiger partial charge in [-0.2, -0.15) is 0 Å². The van der Waals surface area contributed by atoms with Gasteiger partial charge in [-0.15, -0.1) is 0 Å². The van der Waals surface area contributed by atoms with Gasteiger partial charge in [-0.25, -0.2) is 0 Å². The monoisotopic (exact) mass is 319 g/mol. The topological polar surface area (TPSA) is 65.8 Å². The third kappa shape index (κ3) is 3.21. The molecule has 0 heterocycles. The summed E-state index contributed by atoms with van der Waals surface area (Å²) >= 11 is 2.29. The maximum Gasteiger partial charge on any atom is 0.158 e. The third-order valence-corrected chi connectivity index (χ3v) is 4.10. The van der Waals surface area contributed by atoms with Crippen molar-refractivity contribution >= 4 is 28.4 Å². The average molecular weight is 319 g/mol. The molecule has 0 saturated carbocycles. The molecule has 1 aliphatic rings. The summed E-state index contributed by atoms with van der Waals surface area (Å²) in [4.78, 5) is 14.3. The molecule has 0 radical (unpaired) electrons. The zero-order chi connectivity index (χ0) is 11.5. The normalized spacial score (nSPS) is 25.1. The van der Waals surface area contributed by atoms with Gasteiger partial charge in [0.2, 0.25) is 0 Å². The highest BCUT2D eigenvalue weighted by Crippen LogP contribution is 2.37. The summed E-state index contributed by atoms with van der Waals surface area (Å²) in [5.41, 5.74) is 9.16. The van der Waals surface area contributed by atoms with Crippen LogP contribution in [0.25, 0.3) is 10.4 Å². The molecule has 1 aliphatic carbocycles. The summed E-state index contributed by atoms with van der Waals surface area (Å²) in [6, 6.07) is 0. The number of rotatable bonds is 3. The Morgan fingerprint density at radius 2 is 2.47 bits per heavy atom. The molecule has 0 aromatic carbocycles. The Hall–Kier alpha value is -0.550. The molecule has 0 spiro atoms. The number of alkyl halides is 1. The van der Waals surface area contributed by atoms with Gasteiger partial charge in [0.1, 0.15) is 0 Å². The first-order valence-electron chi connectivity index (χ1n) is 4.87. The van der Waals surface area contributed by atoms with E-state index in [0.29, 0.717) is 13.0 Å². The van der Waals surface area contributed by atoms with E-state index in [9.17, 15) is 4.79 Å². The van der Waals surface area contributed by atoms with Gasteiger partial charge in [-0.3, -0.25) is 4.79 Å². The van der Waals surface area contributed by atoms with E-state index in [4.69, 9.17) is 5.53 Å². The molecule has 82 valence electrons. The predicted octanol–water partition coefficient (Wildman–Crippen LogP) is 3.42. The highest BCUT2D eigenvalue weighted by atomic mass is 127. The molecule has 0 fully saturated rings. The van der Waals surface area contributed by atoms with E-state index in [1.807, 2.05) is 19.9 Å². The molecule has 0 aromatic heterocycles. The fourth-order valence-electron chi connectivity index (χ4n) is 1.66. The Bertz CT molecular complexity index is 343. The van der Waals surface area contributed by atoms with Crippen molar-refractivity contribution in [2.75, 3.05) is 6.54 Å². The molecule has 0 N–H and O–H groups in total. The molecule has 0 saturated heterocycles. The molecular weight excluding hydrogens is 305 g/mol. The number of ketones is 1. The number of hydrogen-bond donors (Lipinski definition) is 0. The van der Waals surface area contributed by atoms with Crippen molar-refractivity contribution in [1.82, 2.24) is 0 Å². The summed E-state index contributed by atoms with van der Waals surface area (Å²) in [6.07, 6.45) is 3.46. The number of azide groups is 1. The van der Waals surface area contributed by atoms with Gasteiger partial charge in [0.05, 0.1) is 0 Å². The Labute approximate surface area is 103 Å². The van der Waals surface area contributed by atoms with Crippen LogP contribution in [0.3, 0.4) is 0 Å². The molecule has 4 nitrogen and oxygen atoms in total. The van der Waals surface area contributed by atoms with E-state index >= 15 is 0 Å². The second-order valence-corrected chi connectivity index (χ2v) is 6.58. The van der Waals surface area contributed by atoms with Crippen LogP contribution in [0, 0.1) is 5.92 Å². The van der Waals surface area contributed by atoms with Gasteiger partial charge in [0, 0.05) is 21.3 Å². The van der Waals surface area contributed by atoms with Crippen LogP contribution in [-0.4, -0.2) is 15.7 Å². The quantitative estimate of drug-likeness (QED) is 0.258. The first kappa shape index (κ1) is 12.5. The fraction of sp³-hybridized carbons (Fsp3) is 0.700. The van der Waals surface area contributed by atoms with Crippen molar-refractivity contribution < 1.29 is 4.79 Å². The number of halogens is 1. The molecule has 1 rings (SSSR count). The lowest BCUT2D eigenvalue weighted by Gasteiger charge is -2.32. The third-order valence-electron chi connectivity index (χ3n) is 2.87. The number of allylic oxidation sites excluding steroid dienone is 2. The van der Waals surface area contributed by atoms with Crippen molar-refractivity contribution in [3.63, 3.8) is 0 Å². The van der Waals surface area contributed by atoms with Crippen LogP contribution in [0.4, 0.5) is 0 Å². The first-order valence-corrected chi connectivity index (χ1v) is 5.95. The summed E-state index contributed by atoms with van der Waals surface area (Å²) in [7, 11) is 0. The predicted molar refractivity (Wildman–Crippen MR) is 67.9 cm³/mol. The standard InChI is InChI=1S/C10H14IN3O/c1-7-3-4-8(5-9(7)15)10(2,11)6-13-14-12/h3,8H,4-6H2,1-2H3/t8-,10-/m1/s1. The number of Topliss-reactive ketones (excluding diaryl/α,β-unsaturated/α-hetero) is 1. The van der Waals surface area contributed by atoms with Crippen molar-refractivity contribution in [3.05, 3.63) is 22.1 Å². The number of carbonyl (C=O) groups excluding carboxylic acids is 1. The maximum absolute atomic E-state index is 11.5. The van der Waals surface area contributed by atoms with Gasteiger partial charge in [-0.05, 0) is 30.4 Å². The Morgan fingerprint density at radius 3 is 3.00 bits per heavy atom. The van der Waals surface area contributed by atoms with Crippen molar-refractivity contribution in [2.45, 2.75) is 30.1 Å². The number of carbonyl (C=O) groups is 1. The van der Waals surface area contributed by atoms with Crippen LogP contribution in [0.1, 0.15) is 26.7 Å². The van der Waals surface area contributed by atoms with Crippen molar-refractivity contribution in [2.24, 2.45) is 11.0 Å². The molecule has 0 aromatic rings. The van der Waals surface area contributed by atoms with Gasteiger partial charge in [0.15, 0.2) is 5.78 Å². The second-order valence-electron chi connectivity index (χ2n) is 4.11. The lowest BCUT2D eigenvalue weighted by Crippen LogP contribution is -2.34. The number of nitrogens with zero attached hydrogens (tertiary/aromatic N) is 3. The average Bonchev–Trinajstić information content (AvgIpc) is 2.19. The van der Waals surface area contributed by atoms with Crippen LogP contribution < -0.4 is 0 Å². The minimum Gasteiger partial charge on any atom is -0.295 e. The van der Waals surface area contributed by atoms with Gasteiger partial charge < -0.3 is 0 Å². The zero-order valence-corrected chi connectivity index (χ0v) is 11.1. The van der Waals surface area contributed by atoms with E-state index in [2.05, 4.69) is 32.6 Å². The Balaban J connectivity index is 2.73. The molecule has 5 heteroatoms. The maximum atomic E-state index is 11.5. The van der Waals surface area contributed by atoms with E-state index in [-0.39, 0.29) is 15.1 Å². The Kier molecular flexibility index (Phi) is 4.16. The molecular formula is C10H14IN3O. The molecule has 15 heavy (non-hydrogen) atoms. The summed E-state index contributed by atoms with van der Waals surface area (Å²) < 4.78 is -0.128. The van der Waals surface area contributed by atoms with E-state index < -0.39 is 0 Å². The van der Waals surface area contributed by atoms with Crippen molar-refractivity contribution in [3.8, 4) is 0 Å². The van der Waals surface area contributed by atoms with Gasteiger partial charge in [-0.1, -0.05) is 40.7 Å². The van der Waals surface area contributed by atoms with Gasteiger partial charge in [0.25, 0.3) is 0 Å². The van der Waals surface area contributed by atoms with Crippen molar-refractivity contribution in [1.29, 1.82) is 0 Å².